The van der Waals surface area contributed by atoms with Gasteiger partial charge in [0.1, 0.15) is 0 Å². The summed E-state index contributed by atoms with van der Waals surface area (Å²) in [7, 11) is -4.69. The molecule has 72 valence electrons. The summed E-state index contributed by atoms with van der Waals surface area (Å²) >= 11 is 0. The van der Waals surface area contributed by atoms with Crippen LogP contribution in [0.5, 0.6) is 0 Å². The van der Waals surface area contributed by atoms with Crippen molar-refractivity contribution in [3.05, 3.63) is 24.3 Å². The van der Waals surface area contributed by atoms with Crippen LogP contribution in [0.2, 0.25) is 0 Å². The summed E-state index contributed by atoms with van der Waals surface area (Å²) in [5, 5.41) is 10.6. The van der Waals surface area contributed by atoms with Gasteiger partial charge < -0.3 is 9.90 Å². The predicted molar refractivity (Wildman–Crippen MR) is 42.2 cm³/mol. The standard InChI is InChI=1S/C7H8O5S.Na/c8-6(9)7(13(10,11)12)4-2-1-3-5-7;/h1-4H,5H2,(H,8,9)(H,10,11,12);/q;+1/p-1. The van der Waals surface area contributed by atoms with E-state index in [4.69, 9.17) is 4.55 Å². The molecule has 1 rings (SSSR count). The van der Waals surface area contributed by atoms with Crippen LogP contribution in [0.25, 0.3) is 0 Å². The zero-order chi connectivity index (χ0) is 10.1. The van der Waals surface area contributed by atoms with Crippen molar-refractivity contribution in [2.24, 2.45) is 0 Å². The third-order valence-corrected chi connectivity index (χ3v) is 3.23. The van der Waals surface area contributed by atoms with Gasteiger partial charge in [0, 0.05) is 0 Å². The third-order valence-electron chi connectivity index (χ3n) is 1.84. The van der Waals surface area contributed by atoms with Crippen LogP contribution in [0.4, 0.5) is 0 Å². The number of hydrogen-bond donors (Lipinski definition) is 1. The Balaban J connectivity index is 0.00000169. The van der Waals surface area contributed by atoms with Crippen molar-refractivity contribution < 1.29 is 52.4 Å². The minimum atomic E-state index is -4.69. The van der Waals surface area contributed by atoms with Gasteiger partial charge in [-0.2, -0.15) is 8.42 Å². The van der Waals surface area contributed by atoms with Gasteiger partial charge >= 0.3 is 29.6 Å². The summed E-state index contributed by atoms with van der Waals surface area (Å²) < 4.78 is 28.0. The molecule has 0 radical (unpaired) electrons. The summed E-state index contributed by atoms with van der Waals surface area (Å²) in [4.78, 5) is 10.6. The number of carboxylic acids is 1. The fourth-order valence-corrected chi connectivity index (χ4v) is 1.82. The summed E-state index contributed by atoms with van der Waals surface area (Å²) in [6.07, 6.45) is 4.66. The van der Waals surface area contributed by atoms with Gasteiger partial charge in [0.15, 0.2) is 4.75 Å². The van der Waals surface area contributed by atoms with E-state index in [1.807, 2.05) is 0 Å². The Labute approximate surface area is 104 Å². The predicted octanol–water partition coefficient (Wildman–Crippen LogP) is -4.12. The van der Waals surface area contributed by atoms with Crippen LogP contribution < -0.4 is 34.7 Å². The first-order chi connectivity index (χ1) is 5.90. The van der Waals surface area contributed by atoms with Crippen molar-refractivity contribution >= 4 is 16.1 Å². The van der Waals surface area contributed by atoms with Gasteiger partial charge in [0.2, 0.25) is 0 Å². The number of carbonyl (C=O) groups excluding carboxylic acids is 1. The molecule has 1 N–H and O–H groups in total. The average molecular weight is 226 g/mol. The number of rotatable bonds is 2. The molecule has 0 heterocycles. The summed E-state index contributed by atoms with van der Waals surface area (Å²) in [5.74, 6) is -1.82. The van der Waals surface area contributed by atoms with Crippen LogP contribution in [0, 0.1) is 0 Å². The molecule has 0 saturated heterocycles. The van der Waals surface area contributed by atoms with E-state index in [1.165, 1.54) is 18.2 Å². The van der Waals surface area contributed by atoms with Crippen molar-refractivity contribution in [3.8, 4) is 0 Å². The van der Waals surface area contributed by atoms with E-state index in [-0.39, 0.29) is 36.0 Å². The van der Waals surface area contributed by atoms with Crippen molar-refractivity contribution in [2.75, 3.05) is 0 Å². The van der Waals surface area contributed by atoms with Crippen LogP contribution in [-0.2, 0) is 14.9 Å². The molecular weight excluding hydrogens is 219 g/mol. The smallest absolute Gasteiger partial charge is 0.548 e. The van der Waals surface area contributed by atoms with Crippen LogP contribution in [0.15, 0.2) is 24.3 Å². The molecule has 0 amide bonds. The first-order valence-corrected chi connectivity index (χ1v) is 4.87. The molecule has 0 spiro atoms. The molecule has 5 nitrogen and oxygen atoms in total. The van der Waals surface area contributed by atoms with E-state index >= 15 is 0 Å². The van der Waals surface area contributed by atoms with Gasteiger partial charge in [0.05, 0.1) is 5.97 Å². The third kappa shape index (κ3) is 2.26. The van der Waals surface area contributed by atoms with Crippen LogP contribution in [-0.4, -0.2) is 23.7 Å². The van der Waals surface area contributed by atoms with Crippen molar-refractivity contribution in [1.82, 2.24) is 0 Å². The van der Waals surface area contributed by atoms with E-state index in [0.717, 1.165) is 6.08 Å². The Bertz CT molecular complexity index is 383. The molecule has 0 aromatic heterocycles. The normalized spacial score (nSPS) is 25.5. The topological polar surface area (TPSA) is 94.5 Å². The molecule has 0 aliphatic heterocycles. The van der Waals surface area contributed by atoms with Gasteiger partial charge in [-0.15, -0.1) is 0 Å². The quantitative estimate of drug-likeness (QED) is 0.381. The number of allylic oxidation sites excluding steroid dienone is 3. The molecule has 14 heavy (non-hydrogen) atoms. The Morgan fingerprint density at radius 1 is 1.43 bits per heavy atom. The minimum Gasteiger partial charge on any atom is -0.548 e. The Hall–Kier alpha value is -0.140. The second kappa shape index (κ2) is 4.59. The maximum absolute atomic E-state index is 10.8. The fourth-order valence-electron chi connectivity index (χ4n) is 1.05. The van der Waals surface area contributed by atoms with Crippen molar-refractivity contribution in [1.29, 1.82) is 0 Å². The maximum atomic E-state index is 10.8. The molecule has 0 aromatic rings. The molecule has 0 saturated carbocycles. The van der Waals surface area contributed by atoms with Gasteiger partial charge in [-0.1, -0.05) is 24.3 Å². The van der Waals surface area contributed by atoms with Gasteiger partial charge in [0.25, 0.3) is 10.1 Å². The van der Waals surface area contributed by atoms with Crippen LogP contribution in [0.1, 0.15) is 6.42 Å². The number of aliphatic carboxylic acids is 1. The molecule has 0 fully saturated rings. The number of carboxylic acid groups (broad SMARTS) is 1. The molecule has 1 aliphatic rings. The molecule has 7 heteroatoms. The van der Waals surface area contributed by atoms with Gasteiger partial charge in [-0.05, 0) is 6.42 Å². The van der Waals surface area contributed by atoms with Crippen molar-refractivity contribution in [2.45, 2.75) is 11.2 Å². The van der Waals surface area contributed by atoms with Crippen LogP contribution in [0.3, 0.4) is 0 Å². The molecule has 0 aromatic carbocycles. The SMILES string of the molecule is O=C([O-])C1(S(=O)(=O)O)C=CC=CC1.[Na+]. The molecular formula is C7H7NaO5S. The number of hydrogen-bond acceptors (Lipinski definition) is 4. The second-order valence-electron chi connectivity index (χ2n) is 2.64. The molecule has 1 atom stereocenters. The maximum Gasteiger partial charge on any atom is 1.00 e. The Kier molecular flexibility index (Phi) is 4.54. The average Bonchev–Trinajstić information content (AvgIpc) is 2.03. The first kappa shape index (κ1) is 13.9. The second-order valence-corrected chi connectivity index (χ2v) is 4.32. The summed E-state index contributed by atoms with van der Waals surface area (Å²) in [6.45, 7) is 0. The van der Waals surface area contributed by atoms with Gasteiger partial charge in [-0.25, -0.2) is 0 Å². The van der Waals surface area contributed by atoms with Gasteiger partial charge in [-0.3, -0.25) is 4.55 Å². The molecule has 0 bridgehead atoms. The van der Waals surface area contributed by atoms with E-state index in [9.17, 15) is 18.3 Å². The largest absolute Gasteiger partial charge is 1.00 e. The van der Waals surface area contributed by atoms with E-state index in [2.05, 4.69) is 0 Å². The first-order valence-electron chi connectivity index (χ1n) is 3.43. The van der Waals surface area contributed by atoms with E-state index < -0.39 is 20.8 Å². The fraction of sp³-hybridized carbons (Fsp3) is 0.286. The van der Waals surface area contributed by atoms with E-state index in [0.29, 0.717) is 0 Å². The zero-order valence-electron chi connectivity index (χ0n) is 7.50. The van der Waals surface area contributed by atoms with E-state index in [1.54, 1.807) is 0 Å². The summed E-state index contributed by atoms with van der Waals surface area (Å²) in [6, 6.07) is 0. The van der Waals surface area contributed by atoms with Crippen molar-refractivity contribution in [3.63, 3.8) is 0 Å². The Morgan fingerprint density at radius 2 is 2.00 bits per heavy atom. The summed E-state index contributed by atoms with van der Waals surface area (Å²) in [5.41, 5.74) is 0. The number of carbonyl (C=O) groups is 1. The van der Waals surface area contributed by atoms with Crippen LogP contribution >= 0.6 is 0 Å². The zero-order valence-corrected chi connectivity index (χ0v) is 10.3. The Morgan fingerprint density at radius 3 is 2.21 bits per heavy atom. The molecule has 1 aliphatic carbocycles. The monoisotopic (exact) mass is 226 g/mol. The molecule has 1 unspecified atom stereocenters. The minimum absolute atomic E-state index is 0.